The van der Waals surface area contributed by atoms with Crippen molar-refractivity contribution in [3.05, 3.63) is 94.5 Å². The maximum Gasteiger partial charge on any atom is 0.335 e. The second-order valence-corrected chi connectivity index (χ2v) is 10.2. The van der Waals surface area contributed by atoms with Gasteiger partial charge in [-0.3, -0.25) is 0 Å². The zero-order valence-corrected chi connectivity index (χ0v) is 22.0. The number of hydrogen-bond acceptors (Lipinski definition) is 4. The monoisotopic (exact) mass is 489 g/mol. The van der Waals surface area contributed by atoms with Crippen LogP contribution in [0, 0.1) is 6.92 Å². The van der Waals surface area contributed by atoms with Gasteiger partial charge in [-0.2, -0.15) is 0 Å². The van der Waals surface area contributed by atoms with Crippen molar-refractivity contribution in [2.24, 2.45) is 0 Å². The van der Waals surface area contributed by atoms with Gasteiger partial charge in [-0.1, -0.05) is 67.6 Å². The maximum atomic E-state index is 11.4. The molecule has 3 N–H and O–H groups in total. The van der Waals surface area contributed by atoms with Gasteiger partial charge in [-0.25, -0.2) is 4.79 Å². The lowest BCUT2D eigenvalue weighted by atomic mass is 9.94. The van der Waals surface area contributed by atoms with Crippen molar-refractivity contribution in [2.75, 3.05) is 13.2 Å². The van der Waals surface area contributed by atoms with E-state index in [1.54, 1.807) is 13.0 Å². The van der Waals surface area contributed by atoms with E-state index in [1.165, 1.54) is 11.1 Å². The zero-order chi connectivity index (χ0) is 26.3. The Balaban J connectivity index is 1.57. The molecule has 5 nitrogen and oxygen atoms in total. The molecular weight excluding hydrogens is 450 g/mol. The number of β-amino-alcohol motifs (C(OH)–C–C–N with tert-alkyl or cyclic N) is 1. The minimum absolute atomic E-state index is 0.160. The third kappa shape index (κ3) is 7.50. The van der Waals surface area contributed by atoms with Gasteiger partial charge in [-0.15, -0.1) is 0 Å². The third-order valence-electron chi connectivity index (χ3n) is 6.60. The molecule has 0 heterocycles. The molecule has 3 rings (SSSR count). The fourth-order valence-corrected chi connectivity index (χ4v) is 4.45. The molecule has 0 fully saturated rings. The number of ether oxygens (including phenoxy) is 1. The number of carboxylic acid groups (broad SMARTS) is 1. The van der Waals surface area contributed by atoms with E-state index in [9.17, 15) is 15.0 Å². The normalized spacial score (nSPS) is 13.4. The summed E-state index contributed by atoms with van der Waals surface area (Å²) in [6, 6.07) is 22.0. The lowest BCUT2D eigenvalue weighted by Crippen LogP contribution is -2.46. The molecule has 1 unspecified atom stereocenters. The van der Waals surface area contributed by atoms with Crippen LogP contribution in [0.3, 0.4) is 0 Å². The molecule has 2 atom stereocenters. The minimum atomic E-state index is -0.927. The smallest absolute Gasteiger partial charge is 0.335 e. The molecule has 0 aliphatic carbocycles. The second-order valence-electron chi connectivity index (χ2n) is 10.2. The van der Waals surface area contributed by atoms with Gasteiger partial charge in [0.15, 0.2) is 0 Å². The molecular formula is C31H39NO4. The summed E-state index contributed by atoms with van der Waals surface area (Å²) in [5.74, 6) is -0.927. The van der Waals surface area contributed by atoms with Crippen LogP contribution in [0.1, 0.15) is 66.4 Å². The Bertz CT molecular complexity index is 1150. The first-order valence-electron chi connectivity index (χ1n) is 12.7. The summed E-state index contributed by atoms with van der Waals surface area (Å²) in [6.45, 7) is 10.9. The van der Waals surface area contributed by atoms with Gasteiger partial charge in [0.05, 0.1) is 24.4 Å². The van der Waals surface area contributed by atoms with Gasteiger partial charge in [0.2, 0.25) is 0 Å². The quantitative estimate of drug-likeness (QED) is 0.292. The Hall–Kier alpha value is -2.99. The Morgan fingerprint density at radius 1 is 1.03 bits per heavy atom. The van der Waals surface area contributed by atoms with E-state index in [0.717, 1.165) is 29.5 Å². The van der Waals surface area contributed by atoms with Crippen molar-refractivity contribution in [1.29, 1.82) is 0 Å². The first-order chi connectivity index (χ1) is 17.1. The number of nitrogens with one attached hydrogen (secondary N) is 1. The lowest BCUT2D eigenvalue weighted by Gasteiger charge is -2.28. The third-order valence-corrected chi connectivity index (χ3v) is 6.60. The van der Waals surface area contributed by atoms with E-state index in [4.69, 9.17) is 4.74 Å². The summed E-state index contributed by atoms with van der Waals surface area (Å²) < 4.78 is 6.07. The van der Waals surface area contributed by atoms with Crippen LogP contribution in [0.5, 0.6) is 0 Å². The predicted octanol–water partition coefficient (Wildman–Crippen LogP) is 5.97. The van der Waals surface area contributed by atoms with Gasteiger partial charge in [-0.05, 0) is 80.0 Å². The van der Waals surface area contributed by atoms with E-state index in [0.29, 0.717) is 17.7 Å². The summed E-state index contributed by atoms with van der Waals surface area (Å²) in [6.07, 6.45) is 1.03. The number of carboxylic acids is 1. The average molecular weight is 490 g/mol. The molecule has 0 saturated carbocycles. The maximum absolute atomic E-state index is 11.4. The fourth-order valence-electron chi connectivity index (χ4n) is 4.45. The van der Waals surface area contributed by atoms with E-state index in [2.05, 4.69) is 50.4 Å². The standard InChI is InChI=1S/C31H39NO4/c1-6-23-11-13-24(14-12-23)18-31(4,5)32-19-26(33)20-36-22(3)28-9-7-8-10-29(28)25-15-16-27(30(34)35)21(2)17-25/h7-17,22,26,32-33H,6,18-20H2,1-5H3,(H,34,35)/t22?,26-/m1/s1. The Morgan fingerprint density at radius 3 is 2.33 bits per heavy atom. The van der Waals surface area contributed by atoms with E-state index < -0.39 is 12.1 Å². The average Bonchev–Trinajstić information content (AvgIpc) is 2.86. The van der Waals surface area contributed by atoms with Crippen LogP contribution in [-0.4, -0.2) is 41.0 Å². The van der Waals surface area contributed by atoms with Gasteiger partial charge < -0.3 is 20.3 Å². The van der Waals surface area contributed by atoms with Crippen LogP contribution in [0.15, 0.2) is 66.7 Å². The molecule has 0 radical (unpaired) electrons. The molecule has 0 aliphatic rings. The van der Waals surface area contributed by atoms with Crippen molar-refractivity contribution in [3.8, 4) is 11.1 Å². The highest BCUT2D eigenvalue weighted by molar-refractivity contribution is 5.90. The number of aromatic carboxylic acids is 1. The molecule has 0 spiro atoms. The number of rotatable bonds is 12. The fraction of sp³-hybridized carbons (Fsp3) is 0.387. The molecule has 192 valence electrons. The first kappa shape index (κ1) is 27.6. The number of carbonyl (C=O) groups is 1. The van der Waals surface area contributed by atoms with E-state index in [1.807, 2.05) is 43.3 Å². The molecule has 0 amide bonds. The number of aliphatic hydroxyl groups excluding tert-OH is 1. The Morgan fingerprint density at radius 2 is 1.69 bits per heavy atom. The predicted molar refractivity (Wildman–Crippen MR) is 146 cm³/mol. The number of hydrogen-bond donors (Lipinski definition) is 3. The van der Waals surface area contributed by atoms with Crippen LogP contribution in [0.4, 0.5) is 0 Å². The Kier molecular flexibility index (Phi) is 9.43. The van der Waals surface area contributed by atoms with Gasteiger partial charge >= 0.3 is 5.97 Å². The number of aliphatic hydroxyl groups is 1. The van der Waals surface area contributed by atoms with Crippen LogP contribution in [-0.2, 0) is 17.6 Å². The summed E-state index contributed by atoms with van der Waals surface area (Å²) in [5, 5.41) is 23.4. The second kappa shape index (κ2) is 12.3. The van der Waals surface area contributed by atoms with Crippen LogP contribution in [0.25, 0.3) is 11.1 Å². The highest BCUT2D eigenvalue weighted by Crippen LogP contribution is 2.31. The van der Waals surface area contributed by atoms with Crippen molar-refractivity contribution in [3.63, 3.8) is 0 Å². The van der Waals surface area contributed by atoms with E-state index >= 15 is 0 Å². The molecule has 0 aromatic heterocycles. The highest BCUT2D eigenvalue weighted by atomic mass is 16.5. The van der Waals surface area contributed by atoms with E-state index in [-0.39, 0.29) is 18.2 Å². The number of aryl methyl sites for hydroxylation is 2. The summed E-state index contributed by atoms with van der Waals surface area (Å²) in [4.78, 5) is 11.4. The lowest BCUT2D eigenvalue weighted by molar-refractivity contribution is -0.00397. The molecule has 0 aliphatic heterocycles. The summed E-state index contributed by atoms with van der Waals surface area (Å²) in [7, 11) is 0. The molecule has 0 bridgehead atoms. The summed E-state index contributed by atoms with van der Waals surface area (Å²) >= 11 is 0. The van der Waals surface area contributed by atoms with Crippen LogP contribution >= 0.6 is 0 Å². The van der Waals surface area contributed by atoms with Crippen LogP contribution < -0.4 is 5.32 Å². The molecule has 0 saturated heterocycles. The molecule has 3 aromatic rings. The van der Waals surface area contributed by atoms with Gasteiger partial charge in [0.25, 0.3) is 0 Å². The topological polar surface area (TPSA) is 78.8 Å². The van der Waals surface area contributed by atoms with Crippen molar-refractivity contribution >= 4 is 5.97 Å². The molecule has 3 aromatic carbocycles. The van der Waals surface area contributed by atoms with Gasteiger partial charge in [0.1, 0.15) is 0 Å². The van der Waals surface area contributed by atoms with Crippen molar-refractivity contribution in [2.45, 2.75) is 65.2 Å². The highest BCUT2D eigenvalue weighted by Gasteiger charge is 2.20. The minimum Gasteiger partial charge on any atom is -0.478 e. The number of benzene rings is 3. The largest absolute Gasteiger partial charge is 0.478 e. The first-order valence-corrected chi connectivity index (χ1v) is 12.7. The van der Waals surface area contributed by atoms with Gasteiger partial charge in [0, 0.05) is 12.1 Å². The zero-order valence-electron chi connectivity index (χ0n) is 22.0. The SMILES string of the molecule is CCc1ccc(CC(C)(C)NC[C@@H](O)COC(C)c2ccccc2-c2ccc(C(=O)O)c(C)c2)cc1. The van der Waals surface area contributed by atoms with Crippen LogP contribution in [0.2, 0.25) is 0 Å². The molecule has 5 heteroatoms. The molecule has 36 heavy (non-hydrogen) atoms. The van der Waals surface area contributed by atoms with Crippen molar-refractivity contribution < 1.29 is 19.7 Å². The summed E-state index contributed by atoms with van der Waals surface area (Å²) in [5.41, 5.74) is 6.40. The Labute approximate surface area is 215 Å². The van der Waals surface area contributed by atoms with Crippen molar-refractivity contribution in [1.82, 2.24) is 5.32 Å².